The van der Waals surface area contributed by atoms with E-state index in [2.05, 4.69) is 70.5 Å². The van der Waals surface area contributed by atoms with Crippen LogP contribution in [0.25, 0.3) is 0 Å². The molecule has 8 heteroatoms. The molecule has 2 N–H and O–H groups in total. The number of nitrogens with one attached hydrogen (secondary N) is 2. The summed E-state index contributed by atoms with van der Waals surface area (Å²) in [6, 6.07) is 8.91. The smallest absolute Gasteiger partial charge is 0.191 e. The van der Waals surface area contributed by atoms with Crippen LogP contribution < -0.4 is 15.5 Å². The second-order valence-corrected chi connectivity index (χ2v) is 8.71. The third-order valence-electron chi connectivity index (χ3n) is 4.74. The number of guanidine groups is 1. The highest BCUT2D eigenvalue weighted by Crippen LogP contribution is 2.17. The number of halogens is 1. The summed E-state index contributed by atoms with van der Waals surface area (Å²) < 4.78 is 5.60. The molecule has 2 aromatic heterocycles. The molecule has 3 rings (SSSR count). The van der Waals surface area contributed by atoms with Gasteiger partial charge in [-0.3, -0.25) is 4.99 Å². The lowest BCUT2D eigenvalue weighted by atomic mass is 10.2. The molecule has 0 bridgehead atoms. The Morgan fingerprint density at radius 1 is 1.38 bits per heavy atom. The predicted molar refractivity (Wildman–Crippen MR) is 133 cm³/mol. The molecular weight excluding hydrogens is 497 g/mol. The average Bonchev–Trinajstić information content (AvgIpc) is 3.10. The maximum Gasteiger partial charge on any atom is 0.191 e. The Morgan fingerprint density at radius 3 is 2.83 bits per heavy atom. The standard InChI is InChI=1S/C21H31N5OS.HI/c1-15(11-19-7-5-17(3)28-19)25-21(22-4)24-13-18-6-8-20(23-12-18)26-9-10-27-16(2)14-26;/h5-8,12,15-16H,9-11,13-14H2,1-4H3,(H2,22,24,25);1H. The Kier molecular flexibility index (Phi) is 9.64. The largest absolute Gasteiger partial charge is 0.375 e. The van der Waals surface area contributed by atoms with Gasteiger partial charge in [0.05, 0.1) is 12.7 Å². The average molecular weight is 529 g/mol. The third kappa shape index (κ3) is 7.42. The van der Waals surface area contributed by atoms with Crippen LogP contribution in [-0.4, -0.2) is 49.8 Å². The maximum absolute atomic E-state index is 5.60. The second-order valence-electron chi connectivity index (χ2n) is 7.34. The van der Waals surface area contributed by atoms with Gasteiger partial charge in [0.2, 0.25) is 0 Å². The highest BCUT2D eigenvalue weighted by Gasteiger charge is 2.17. The van der Waals surface area contributed by atoms with Crippen LogP contribution in [0.15, 0.2) is 35.5 Å². The quantitative estimate of drug-likeness (QED) is 0.340. The third-order valence-corrected chi connectivity index (χ3v) is 5.77. The molecule has 0 aromatic carbocycles. The van der Waals surface area contributed by atoms with Crippen LogP contribution in [0.5, 0.6) is 0 Å². The van der Waals surface area contributed by atoms with Crippen molar-refractivity contribution in [3.8, 4) is 0 Å². The van der Waals surface area contributed by atoms with Crippen LogP contribution in [-0.2, 0) is 17.7 Å². The zero-order chi connectivity index (χ0) is 19.9. The molecule has 29 heavy (non-hydrogen) atoms. The Hall–Kier alpha value is -1.39. The summed E-state index contributed by atoms with van der Waals surface area (Å²) in [5.74, 6) is 1.83. The van der Waals surface area contributed by atoms with Crippen molar-refractivity contribution >= 4 is 47.1 Å². The number of morpholine rings is 1. The highest BCUT2D eigenvalue weighted by molar-refractivity contribution is 14.0. The van der Waals surface area contributed by atoms with Gasteiger partial charge in [0.15, 0.2) is 5.96 Å². The molecule has 160 valence electrons. The van der Waals surface area contributed by atoms with E-state index in [0.717, 1.165) is 43.5 Å². The Morgan fingerprint density at radius 2 is 2.21 bits per heavy atom. The first-order chi connectivity index (χ1) is 13.5. The minimum Gasteiger partial charge on any atom is -0.375 e. The van der Waals surface area contributed by atoms with Crippen LogP contribution >= 0.6 is 35.3 Å². The molecule has 1 saturated heterocycles. The number of anilines is 1. The van der Waals surface area contributed by atoms with Crippen molar-refractivity contribution < 1.29 is 4.74 Å². The number of ether oxygens (including phenoxy) is 1. The molecule has 3 heterocycles. The summed E-state index contributed by atoms with van der Waals surface area (Å²) in [6.07, 6.45) is 3.19. The lowest BCUT2D eigenvalue weighted by Crippen LogP contribution is -2.42. The van der Waals surface area contributed by atoms with E-state index in [-0.39, 0.29) is 30.1 Å². The lowest BCUT2D eigenvalue weighted by Gasteiger charge is -2.32. The van der Waals surface area contributed by atoms with Gasteiger partial charge in [-0.2, -0.15) is 0 Å². The van der Waals surface area contributed by atoms with Crippen molar-refractivity contribution in [3.63, 3.8) is 0 Å². The molecule has 1 fully saturated rings. The Labute approximate surface area is 195 Å². The van der Waals surface area contributed by atoms with Gasteiger partial charge in [-0.25, -0.2) is 4.98 Å². The summed E-state index contributed by atoms with van der Waals surface area (Å²) in [4.78, 5) is 14.0. The SMILES string of the molecule is CN=C(NCc1ccc(N2CCOC(C)C2)nc1)NC(C)Cc1ccc(C)s1.I. The number of aromatic nitrogens is 1. The van der Waals surface area contributed by atoms with Crippen molar-refractivity contribution in [2.45, 2.75) is 45.9 Å². The number of pyridine rings is 1. The number of aryl methyl sites for hydroxylation is 1. The summed E-state index contributed by atoms with van der Waals surface area (Å²) in [6.45, 7) is 9.67. The van der Waals surface area contributed by atoms with Crippen LogP contribution in [0, 0.1) is 6.92 Å². The molecule has 1 aliphatic heterocycles. The van der Waals surface area contributed by atoms with Gasteiger partial charge in [0.1, 0.15) is 5.82 Å². The topological polar surface area (TPSA) is 61.8 Å². The lowest BCUT2D eigenvalue weighted by molar-refractivity contribution is 0.0529. The molecule has 2 unspecified atom stereocenters. The number of nitrogens with zero attached hydrogens (tertiary/aromatic N) is 3. The van der Waals surface area contributed by atoms with Gasteiger partial charge in [-0.05, 0) is 44.5 Å². The number of aliphatic imine (C=N–C) groups is 1. The van der Waals surface area contributed by atoms with E-state index in [1.807, 2.05) is 17.5 Å². The first kappa shape index (κ1) is 23.9. The van der Waals surface area contributed by atoms with Crippen molar-refractivity contribution in [2.75, 3.05) is 31.6 Å². The van der Waals surface area contributed by atoms with E-state index >= 15 is 0 Å². The van der Waals surface area contributed by atoms with Crippen molar-refractivity contribution in [3.05, 3.63) is 45.8 Å². The van der Waals surface area contributed by atoms with Gasteiger partial charge in [-0.1, -0.05) is 6.07 Å². The van der Waals surface area contributed by atoms with E-state index < -0.39 is 0 Å². The highest BCUT2D eigenvalue weighted by atomic mass is 127. The normalized spacial score (nSPS) is 18.1. The number of hydrogen-bond acceptors (Lipinski definition) is 5. The molecule has 0 spiro atoms. The Bertz CT molecular complexity index is 780. The first-order valence-corrected chi connectivity index (χ1v) is 10.7. The first-order valence-electron chi connectivity index (χ1n) is 9.87. The summed E-state index contributed by atoms with van der Waals surface area (Å²) in [5, 5.41) is 6.85. The van der Waals surface area contributed by atoms with Gasteiger partial charge >= 0.3 is 0 Å². The zero-order valence-electron chi connectivity index (χ0n) is 17.6. The molecular formula is C21H32IN5OS. The fourth-order valence-corrected chi connectivity index (χ4v) is 4.32. The molecule has 2 aromatic rings. The fraction of sp³-hybridized carbons (Fsp3) is 0.524. The summed E-state index contributed by atoms with van der Waals surface area (Å²) in [7, 11) is 1.80. The Balaban J connectivity index is 0.00000300. The molecule has 0 radical (unpaired) electrons. The van der Waals surface area contributed by atoms with Crippen LogP contribution in [0.3, 0.4) is 0 Å². The number of rotatable bonds is 6. The van der Waals surface area contributed by atoms with Crippen LogP contribution in [0.4, 0.5) is 5.82 Å². The minimum atomic E-state index is 0. The molecule has 0 aliphatic carbocycles. The van der Waals surface area contributed by atoms with E-state index in [1.54, 1.807) is 7.05 Å². The van der Waals surface area contributed by atoms with Gasteiger partial charge in [0.25, 0.3) is 0 Å². The fourth-order valence-electron chi connectivity index (χ4n) is 3.30. The van der Waals surface area contributed by atoms with Crippen molar-refractivity contribution in [2.24, 2.45) is 4.99 Å². The molecule has 2 atom stereocenters. The van der Waals surface area contributed by atoms with Crippen LogP contribution in [0.2, 0.25) is 0 Å². The van der Waals surface area contributed by atoms with Gasteiger partial charge < -0.3 is 20.3 Å². The maximum atomic E-state index is 5.60. The monoisotopic (exact) mass is 529 g/mol. The predicted octanol–water partition coefficient (Wildman–Crippen LogP) is 3.59. The molecule has 0 saturated carbocycles. The van der Waals surface area contributed by atoms with Gasteiger partial charge in [-0.15, -0.1) is 35.3 Å². The van der Waals surface area contributed by atoms with Crippen LogP contribution in [0.1, 0.15) is 29.2 Å². The van der Waals surface area contributed by atoms with Crippen molar-refractivity contribution in [1.82, 2.24) is 15.6 Å². The summed E-state index contributed by atoms with van der Waals surface area (Å²) >= 11 is 1.85. The zero-order valence-corrected chi connectivity index (χ0v) is 20.8. The van der Waals surface area contributed by atoms with E-state index in [0.29, 0.717) is 12.6 Å². The van der Waals surface area contributed by atoms with E-state index in [1.165, 1.54) is 9.75 Å². The van der Waals surface area contributed by atoms with Crippen molar-refractivity contribution in [1.29, 1.82) is 0 Å². The minimum absolute atomic E-state index is 0. The van der Waals surface area contributed by atoms with E-state index in [9.17, 15) is 0 Å². The van der Waals surface area contributed by atoms with E-state index in [4.69, 9.17) is 4.74 Å². The molecule has 0 amide bonds. The molecule has 1 aliphatic rings. The second kappa shape index (κ2) is 11.7. The number of hydrogen-bond donors (Lipinski definition) is 2. The number of thiophene rings is 1. The summed E-state index contributed by atoms with van der Waals surface area (Å²) in [5.41, 5.74) is 1.13. The molecule has 6 nitrogen and oxygen atoms in total. The van der Waals surface area contributed by atoms with Gasteiger partial charge in [0, 0.05) is 55.1 Å².